The third kappa shape index (κ3) is 3.24. The summed E-state index contributed by atoms with van der Waals surface area (Å²) in [7, 11) is 0. The normalized spacial score (nSPS) is 19.1. The molecule has 69 valence electrons. The van der Waals surface area contributed by atoms with E-state index in [9.17, 15) is 4.79 Å². The molecule has 0 N–H and O–H groups in total. The molecule has 0 aromatic heterocycles. The van der Waals surface area contributed by atoms with Crippen LogP contribution < -0.4 is 0 Å². The van der Waals surface area contributed by atoms with E-state index in [4.69, 9.17) is 4.74 Å². The van der Waals surface area contributed by atoms with Crippen LogP contribution in [0.3, 0.4) is 0 Å². The number of esters is 1. The van der Waals surface area contributed by atoms with E-state index < -0.39 is 0 Å². The minimum atomic E-state index is -0.111. The van der Waals surface area contributed by atoms with Crippen molar-refractivity contribution in [3.05, 3.63) is 6.61 Å². The Balaban J connectivity index is 2.09. The summed E-state index contributed by atoms with van der Waals surface area (Å²) in [6.45, 7) is 3.56. The lowest BCUT2D eigenvalue weighted by Crippen LogP contribution is -2.11. The average molecular weight is 169 g/mol. The lowest BCUT2D eigenvalue weighted by Gasteiger charge is -2.19. The van der Waals surface area contributed by atoms with Gasteiger partial charge in [0, 0.05) is 6.42 Å². The molecule has 0 unspecified atom stereocenters. The van der Waals surface area contributed by atoms with Crippen molar-refractivity contribution >= 4 is 5.97 Å². The van der Waals surface area contributed by atoms with E-state index in [-0.39, 0.29) is 5.97 Å². The van der Waals surface area contributed by atoms with Gasteiger partial charge >= 0.3 is 5.97 Å². The Morgan fingerprint density at radius 2 is 2.08 bits per heavy atom. The van der Waals surface area contributed by atoms with Crippen LogP contribution in [-0.2, 0) is 9.53 Å². The van der Waals surface area contributed by atoms with Crippen molar-refractivity contribution in [2.75, 3.05) is 0 Å². The Kier molecular flexibility index (Phi) is 4.12. The second kappa shape index (κ2) is 5.18. The van der Waals surface area contributed by atoms with Crippen molar-refractivity contribution in [2.24, 2.45) is 5.92 Å². The van der Waals surface area contributed by atoms with Crippen molar-refractivity contribution in [2.45, 2.75) is 45.4 Å². The molecule has 1 aliphatic rings. The summed E-state index contributed by atoms with van der Waals surface area (Å²) < 4.78 is 4.97. The third-order valence-corrected chi connectivity index (χ3v) is 2.33. The first-order valence-corrected chi connectivity index (χ1v) is 4.85. The van der Waals surface area contributed by atoms with Crippen LogP contribution in [0.1, 0.15) is 45.4 Å². The van der Waals surface area contributed by atoms with Gasteiger partial charge in [-0.15, -0.1) is 0 Å². The van der Waals surface area contributed by atoms with Crippen molar-refractivity contribution in [1.29, 1.82) is 0 Å². The molecule has 1 radical (unpaired) electrons. The molecule has 2 nitrogen and oxygen atoms in total. The molecule has 0 spiro atoms. The fraction of sp³-hybridized carbons (Fsp3) is 0.800. The van der Waals surface area contributed by atoms with Gasteiger partial charge in [0.1, 0.15) is 6.61 Å². The van der Waals surface area contributed by atoms with Gasteiger partial charge in [-0.3, -0.25) is 4.79 Å². The fourth-order valence-corrected chi connectivity index (χ4v) is 1.53. The first-order valence-electron chi connectivity index (χ1n) is 4.85. The summed E-state index contributed by atoms with van der Waals surface area (Å²) in [5, 5.41) is 0. The lowest BCUT2D eigenvalue weighted by atomic mass is 9.90. The molecular formula is C10H17O2. The van der Waals surface area contributed by atoms with Crippen LogP contribution in [-0.4, -0.2) is 5.97 Å². The van der Waals surface area contributed by atoms with E-state index in [0.717, 1.165) is 0 Å². The second-order valence-electron chi connectivity index (χ2n) is 3.38. The van der Waals surface area contributed by atoms with Crippen LogP contribution in [0.25, 0.3) is 0 Å². The zero-order valence-corrected chi connectivity index (χ0v) is 7.71. The highest BCUT2D eigenvalue weighted by molar-refractivity contribution is 5.69. The van der Waals surface area contributed by atoms with Crippen molar-refractivity contribution in [3.8, 4) is 0 Å². The summed E-state index contributed by atoms with van der Waals surface area (Å²) in [6, 6.07) is 0. The highest BCUT2D eigenvalue weighted by Gasteiger charge is 2.15. The lowest BCUT2D eigenvalue weighted by molar-refractivity contribution is -0.140. The van der Waals surface area contributed by atoms with Gasteiger partial charge in [0.25, 0.3) is 0 Å². The van der Waals surface area contributed by atoms with Gasteiger partial charge in [0.15, 0.2) is 0 Å². The zero-order valence-electron chi connectivity index (χ0n) is 7.71. The minimum Gasteiger partial charge on any atom is -0.458 e. The Hall–Kier alpha value is -0.530. The summed E-state index contributed by atoms with van der Waals surface area (Å²) in [6.07, 6.45) is 6.76. The van der Waals surface area contributed by atoms with Gasteiger partial charge in [0.2, 0.25) is 0 Å². The Morgan fingerprint density at radius 1 is 1.42 bits per heavy atom. The second-order valence-corrected chi connectivity index (χ2v) is 3.38. The van der Waals surface area contributed by atoms with E-state index in [1.165, 1.54) is 32.1 Å². The number of ether oxygens (including phenoxy) is 1. The molecular weight excluding hydrogens is 152 g/mol. The smallest absolute Gasteiger partial charge is 0.305 e. The topological polar surface area (TPSA) is 26.3 Å². The number of hydrogen-bond acceptors (Lipinski definition) is 2. The van der Waals surface area contributed by atoms with Crippen LogP contribution in [0.5, 0.6) is 0 Å². The minimum absolute atomic E-state index is 0.111. The molecule has 0 heterocycles. The predicted molar refractivity (Wildman–Crippen MR) is 47.3 cm³/mol. The Bertz CT molecular complexity index is 137. The van der Waals surface area contributed by atoms with Gasteiger partial charge in [-0.25, -0.2) is 0 Å². The maximum atomic E-state index is 10.8. The van der Waals surface area contributed by atoms with Gasteiger partial charge in [0.05, 0.1) is 0 Å². The molecule has 0 bridgehead atoms. The Labute approximate surface area is 74.3 Å². The summed E-state index contributed by atoms with van der Waals surface area (Å²) in [5.74, 6) is 0.412. The third-order valence-electron chi connectivity index (χ3n) is 2.33. The number of rotatable bonds is 3. The number of hydrogen-bond donors (Lipinski definition) is 0. The maximum Gasteiger partial charge on any atom is 0.305 e. The molecule has 0 aliphatic heterocycles. The molecule has 12 heavy (non-hydrogen) atoms. The molecule has 0 aromatic carbocycles. The number of carbonyl (C=O) groups excluding carboxylic acids is 1. The molecule has 2 heteroatoms. The monoisotopic (exact) mass is 169 g/mol. The molecule has 1 aliphatic carbocycles. The highest BCUT2D eigenvalue weighted by Crippen LogP contribution is 2.25. The van der Waals surface area contributed by atoms with Crippen LogP contribution >= 0.6 is 0 Å². The quantitative estimate of drug-likeness (QED) is 0.607. The summed E-state index contributed by atoms with van der Waals surface area (Å²) >= 11 is 0. The number of carbonyl (C=O) groups is 1. The van der Waals surface area contributed by atoms with E-state index in [1.54, 1.807) is 6.61 Å². The average Bonchev–Trinajstić information content (AvgIpc) is 2.16. The molecule has 0 aromatic rings. The van der Waals surface area contributed by atoms with Gasteiger partial charge in [-0.2, -0.15) is 0 Å². The largest absolute Gasteiger partial charge is 0.458 e. The fourth-order valence-electron chi connectivity index (χ4n) is 1.53. The standard InChI is InChI=1S/C10H17O2/c1-2-10(11)12-8-9-6-4-3-5-7-9/h8-9H,2-7H2,1H3. The highest BCUT2D eigenvalue weighted by atomic mass is 16.5. The molecule has 0 saturated heterocycles. The van der Waals surface area contributed by atoms with Crippen molar-refractivity contribution < 1.29 is 9.53 Å². The molecule has 1 saturated carbocycles. The molecule has 1 fully saturated rings. The van der Waals surface area contributed by atoms with Crippen LogP contribution in [0.4, 0.5) is 0 Å². The Morgan fingerprint density at radius 3 is 2.67 bits per heavy atom. The van der Waals surface area contributed by atoms with Crippen LogP contribution in [0.2, 0.25) is 0 Å². The van der Waals surface area contributed by atoms with E-state index >= 15 is 0 Å². The van der Waals surface area contributed by atoms with Crippen molar-refractivity contribution in [1.82, 2.24) is 0 Å². The van der Waals surface area contributed by atoms with Crippen molar-refractivity contribution in [3.63, 3.8) is 0 Å². The van der Waals surface area contributed by atoms with E-state index in [0.29, 0.717) is 12.3 Å². The van der Waals surface area contributed by atoms with E-state index in [1.807, 2.05) is 6.92 Å². The molecule has 0 atom stereocenters. The van der Waals surface area contributed by atoms with E-state index in [2.05, 4.69) is 0 Å². The van der Waals surface area contributed by atoms with Gasteiger partial charge < -0.3 is 4.74 Å². The summed E-state index contributed by atoms with van der Waals surface area (Å²) in [5.41, 5.74) is 0. The van der Waals surface area contributed by atoms with Gasteiger partial charge in [-0.1, -0.05) is 26.2 Å². The molecule has 1 rings (SSSR count). The zero-order chi connectivity index (χ0) is 8.81. The van der Waals surface area contributed by atoms with Crippen LogP contribution in [0, 0.1) is 12.5 Å². The molecule has 0 amide bonds. The summed E-state index contributed by atoms with van der Waals surface area (Å²) in [4.78, 5) is 10.8. The maximum absolute atomic E-state index is 10.8. The SMILES string of the molecule is CCC(=O)O[CH]C1CCCCC1. The van der Waals surface area contributed by atoms with Crippen LogP contribution in [0.15, 0.2) is 0 Å². The first kappa shape index (κ1) is 9.56. The first-order chi connectivity index (χ1) is 5.83. The van der Waals surface area contributed by atoms with Gasteiger partial charge in [-0.05, 0) is 18.8 Å². The predicted octanol–water partition coefficient (Wildman–Crippen LogP) is 2.68.